The molecule has 0 aliphatic rings. The Bertz CT molecular complexity index is 745. The average Bonchev–Trinajstić information content (AvgIpc) is 2.91. The molecule has 1 aromatic heterocycles. The first-order valence-electron chi connectivity index (χ1n) is 5.85. The summed E-state index contributed by atoms with van der Waals surface area (Å²) in [5.74, 6) is -1.18. The van der Waals surface area contributed by atoms with Gasteiger partial charge in [-0.05, 0) is 34.9 Å². The van der Waals surface area contributed by atoms with Gasteiger partial charge in [0.15, 0.2) is 0 Å². The number of rotatable bonds is 6. The quantitative estimate of drug-likeness (QED) is 0.650. The van der Waals surface area contributed by atoms with Crippen molar-refractivity contribution >= 4 is 27.0 Å². The first-order chi connectivity index (χ1) is 9.90. The monoisotopic (exact) mass is 330 g/mol. The van der Waals surface area contributed by atoms with E-state index in [2.05, 4.69) is 4.72 Å². The van der Waals surface area contributed by atoms with Gasteiger partial charge >= 0.3 is 5.69 Å². The fraction of sp³-hybridized carbons (Fsp3) is 0.167. The van der Waals surface area contributed by atoms with Crippen molar-refractivity contribution in [3.63, 3.8) is 0 Å². The molecule has 0 atom stereocenters. The van der Waals surface area contributed by atoms with Crippen molar-refractivity contribution in [2.24, 2.45) is 0 Å². The average molecular weight is 330 g/mol. The van der Waals surface area contributed by atoms with Gasteiger partial charge < -0.3 is 0 Å². The minimum atomic E-state index is -3.89. The molecule has 112 valence electrons. The van der Waals surface area contributed by atoms with E-state index < -0.39 is 26.5 Å². The van der Waals surface area contributed by atoms with Crippen LogP contribution in [0.4, 0.5) is 10.1 Å². The molecule has 0 radical (unpaired) electrons. The summed E-state index contributed by atoms with van der Waals surface area (Å²) >= 11 is 1.51. The Morgan fingerprint density at radius 1 is 1.33 bits per heavy atom. The SMILES string of the molecule is O=[N+]([O-])c1ccc(S(=O)(=O)NCCc2ccsc2)cc1F. The number of nitrogens with one attached hydrogen (secondary N) is 1. The summed E-state index contributed by atoms with van der Waals surface area (Å²) in [5.41, 5.74) is 0.241. The zero-order valence-electron chi connectivity index (χ0n) is 10.7. The molecule has 1 heterocycles. The summed E-state index contributed by atoms with van der Waals surface area (Å²) in [5, 5.41) is 14.3. The van der Waals surface area contributed by atoms with Gasteiger partial charge in [0.05, 0.1) is 9.82 Å². The lowest BCUT2D eigenvalue weighted by Gasteiger charge is -2.06. The number of hydrogen-bond donors (Lipinski definition) is 1. The van der Waals surface area contributed by atoms with E-state index in [0.717, 1.165) is 17.7 Å². The van der Waals surface area contributed by atoms with Crippen LogP contribution in [-0.4, -0.2) is 19.9 Å². The van der Waals surface area contributed by atoms with E-state index in [-0.39, 0.29) is 11.4 Å². The largest absolute Gasteiger partial charge is 0.304 e. The third-order valence-corrected chi connectivity index (χ3v) is 4.90. The first kappa shape index (κ1) is 15.5. The Morgan fingerprint density at radius 3 is 2.67 bits per heavy atom. The third-order valence-electron chi connectivity index (χ3n) is 2.71. The predicted octanol–water partition coefficient (Wildman–Crippen LogP) is 2.32. The Hall–Kier alpha value is -1.84. The van der Waals surface area contributed by atoms with E-state index in [1.54, 1.807) is 0 Å². The minimum absolute atomic E-state index is 0.164. The van der Waals surface area contributed by atoms with Crippen LogP contribution in [-0.2, 0) is 16.4 Å². The lowest BCUT2D eigenvalue weighted by atomic mass is 10.2. The molecule has 0 saturated heterocycles. The second kappa shape index (κ2) is 6.29. The van der Waals surface area contributed by atoms with Crippen LogP contribution in [0.2, 0.25) is 0 Å². The summed E-state index contributed by atoms with van der Waals surface area (Å²) in [6.07, 6.45) is 0.512. The third kappa shape index (κ3) is 3.84. The normalized spacial score (nSPS) is 11.5. The number of sulfonamides is 1. The number of nitro groups is 1. The van der Waals surface area contributed by atoms with Crippen molar-refractivity contribution in [2.45, 2.75) is 11.3 Å². The molecule has 0 bridgehead atoms. The van der Waals surface area contributed by atoms with Crippen molar-refractivity contribution in [1.29, 1.82) is 0 Å². The molecule has 0 spiro atoms. The van der Waals surface area contributed by atoms with Crippen LogP contribution < -0.4 is 4.72 Å². The molecule has 0 aliphatic heterocycles. The van der Waals surface area contributed by atoms with Gasteiger partial charge in [-0.3, -0.25) is 10.1 Å². The highest BCUT2D eigenvalue weighted by molar-refractivity contribution is 7.89. The topological polar surface area (TPSA) is 89.3 Å². The number of thiophene rings is 1. The van der Waals surface area contributed by atoms with E-state index in [9.17, 15) is 22.9 Å². The Labute approximate surface area is 124 Å². The number of halogens is 1. The second-order valence-corrected chi connectivity index (χ2v) is 6.70. The van der Waals surface area contributed by atoms with Crippen molar-refractivity contribution in [1.82, 2.24) is 4.72 Å². The Kier molecular flexibility index (Phi) is 4.66. The molecule has 2 rings (SSSR count). The number of benzene rings is 1. The van der Waals surface area contributed by atoms with Gasteiger partial charge in [0.25, 0.3) is 0 Å². The smallest absolute Gasteiger partial charge is 0.258 e. The maximum atomic E-state index is 13.4. The number of hydrogen-bond acceptors (Lipinski definition) is 5. The second-order valence-electron chi connectivity index (χ2n) is 4.15. The van der Waals surface area contributed by atoms with E-state index in [0.29, 0.717) is 12.5 Å². The van der Waals surface area contributed by atoms with Crippen LogP contribution in [0.15, 0.2) is 39.9 Å². The standard InChI is InChI=1S/C12H11FN2O4S2/c13-11-7-10(1-2-12(11)15(16)17)21(18,19)14-5-3-9-4-6-20-8-9/h1-2,4,6-8,14H,3,5H2. The molecule has 0 aliphatic carbocycles. The number of nitrogens with zero attached hydrogens (tertiary/aromatic N) is 1. The molecule has 0 amide bonds. The highest BCUT2D eigenvalue weighted by atomic mass is 32.2. The van der Waals surface area contributed by atoms with E-state index in [4.69, 9.17) is 0 Å². The number of nitro benzene ring substituents is 1. The Morgan fingerprint density at radius 2 is 2.10 bits per heavy atom. The lowest BCUT2D eigenvalue weighted by molar-refractivity contribution is -0.387. The minimum Gasteiger partial charge on any atom is -0.258 e. The van der Waals surface area contributed by atoms with E-state index in [1.165, 1.54) is 11.3 Å². The van der Waals surface area contributed by atoms with Gasteiger partial charge in [0, 0.05) is 18.7 Å². The maximum absolute atomic E-state index is 13.4. The molecule has 21 heavy (non-hydrogen) atoms. The zero-order chi connectivity index (χ0) is 15.5. The van der Waals surface area contributed by atoms with Crippen LogP contribution in [0.1, 0.15) is 5.56 Å². The van der Waals surface area contributed by atoms with Crippen LogP contribution in [0.3, 0.4) is 0 Å². The van der Waals surface area contributed by atoms with Crippen LogP contribution in [0.25, 0.3) is 0 Å². The molecule has 6 nitrogen and oxygen atoms in total. The molecule has 1 N–H and O–H groups in total. The van der Waals surface area contributed by atoms with Crippen molar-refractivity contribution in [3.05, 3.63) is 56.5 Å². The molecule has 0 fully saturated rings. The fourth-order valence-corrected chi connectivity index (χ4v) is 3.40. The summed E-state index contributed by atoms with van der Waals surface area (Å²) in [7, 11) is -3.89. The molecule has 9 heteroatoms. The van der Waals surface area contributed by atoms with Crippen LogP contribution in [0.5, 0.6) is 0 Å². The highest BCUT2D eigenvalue weighted by Gasteiger charge is 2.20. The first-order valence-corrected chi connectivity index (χ1v) is 8.27. The van der Waals surface area contributed by atoms with Gasteiger partial charge in [0.1, 0.15) is 0 Å². The molecule has 0 unspecified atom stereocenters. The summed E-state index contributed by atoms with van der Waals surface area (Å²) in [6.45, 7) is 0.164. The van der Waals surface area contributed by atoms with Gasteiger partial charge in [-0.2, -0.15) is 15.7 Å². The summed E-state index contributed by atoms with van der Waals surface area (Å²) in [4.78, 5) is 9.24. The van der Waals surface area contributed by atoms with Crippen LogP contribution in [0, 0.1) is 15.9 Å². The fourth-order valence-electron chi connectivity index (χ4n) is 1.65. The van der Waals surface area contributed by atoms with Gasteiger partial charge in [0.2, 0.25) is 15.8 Å². The van der Waals surface area contributed by atoms with Crippen LogP contribution >= 0.6 is 11.3 Å². The molecule has 2 aromatic rings. The van der Waals surface area contributed by atoms with Gasteiger partial charge in [-0.1, -0.05) is 0 Å². The Balaban J connectivity index is 2.08. The van der Waals surface area contributed by atoms with Crippen molar-refractivity contribution in [3.8, 4) is 0 Å². The highest BCUT2D eigenvalue weighted by Crippen LogP contribution is 2.20. The van der Waals surface area contributed by atoms with Crippen molar-refractivity contribution in [2.75, 3.05) is 6.54 Å². The molecular weight excluding hydrogens is 319 g/mol. The van der Waals surface area contributed by atoms with E-state index in [1.807, 2.05) is 16.8 Å². The predicted molar refractivity (Wildman–Crippen MR) is 76.3 cm³/mol. The van der Waals surface area contributed by atoms with Gasteiger partial charge in [-0.15, -0.1) is 0 Å². The zero-order valence-corrected chi connectivity index (χ0v) is 12.3. The summed E-state index contributed by atoms with van der Waals surface area (Å²) in [6, 6.07) is 4.37. The lowest BCUT2D eigenvalue weighted by Crippen LogP contribution is -2.26. The van der Waals surface area contributed by atoms with Crippen molar-refractivity contribution < 1.29 is 17.7 Å². The maximum Gasteiger partial charge on any atom is 0.304 e. The van der Waals surface area contributed by atoms with Gasteiger partial charge in [-0.25, -0.2) is 13.1 Å². The molecule has 1 aromatic carbocycles. The van der Waals surface area contributed by atoms with E-state index >= 15 is 0 Å². The molecule has 0 saturated carbocycles. The molecular formula is C12H11FN2O4S2. The summed E-state index contributed by atoms with van der Waals surface area (Å²) < 4.78 is 39.7.